The van der Waals surface area contributed by atoms with E-state index < -0.39 is 24.7 Å². The number of hydrogen-bond donors (Lipinski definition) is 1. The van der Waals surface area contributed by atoms with E-state index in [1.165, 1.54) is 4.68 Å². The summed E-state index contributed by atoms with van der Waals surface area (Å²) in [7, 11) is -0.0207. The van der Waals surface area contributed by atoms with Crippen molar-refractivity contribution in [3.63, 3.8) is 0 Å². The number of nitrogens with zero attached hydrogens (tertiary/aromatic N) is 3. The van der Waals surface area contributed by atoms with Gasteiger partial charge in [0.2, 0.25) is 5.91 Å². The van der Waals surface area contributed by atoms with Crippen molar-refractivity contribution in [2.24, 2.45) is 0 Å². The molecule has 152 valence electrons. The molecule has 0 aromatic carbocycles. The van der Waals surface area contributed by atoms with Crippen molar-refractivity contribution in [2.75, 3.05) is 18.6 Å². The first-order chi connectivity index (χ1) is 12.3. The molecule has 0 radical (unpaired) electrons. The highest BCUT2D eigenvalue weighted by molar-refractivity contribution is 6.83. The normalized spacial score (nSPS) is 16.2. The maximum Gasteiger partial charge on any atom is 0.435 e. The first-order valence-corrected chi connectivity index (χ1v) is 12.8. The van der Waals surface area contributed by atoms with Gasteiger partial charge >= 0.3 is 6.09 Å². The number of nitrogens with one attached hydrogen (secondary N) is 1. The Bertz CT molecular complexity index is 752. The molecule has 0 bridgehead atoms. The van der Waals surface area contributed by atoms with E-state index in [1.54, 1.807) is 18.9 Å². The molecular weight excluding hydrogens is 360 g/mol. The van der Waals surface area contributed by atoms with Gasteiger partial charge in [-0.2, -0.15) is 4.68 Å². The number of anilines is 1. The first-order valence-electron chi connectivity index (χ1n) is 9.64. The summed E-state index contributed by atoms with van der Waals surface area (Å²) in [4.78, 5) is 27.5. The molecule has 0 saturated heterocycles. The summed E-state index contributed by atoms with van der Waals surface area (Å²) in [6.45, 7) is 17.3. The average Bonchev–Trinajstić information content (AvgIpc) is 3.12. The van der Waals surface area contributed by atoms with Gasteiger partial charge in [0.05, 0.1) is 25.9 Å². The molecule has 0 unspecified atom stereocenters. The lowest BCUT2D eigenvalue weighted by molar-refractivity contribution is -0.120. The van der Waals surface area contributed by atoms with Gasteiger partial charge in [-0.15, -0.1) is 5.10 Å². The Morgan fingerprint density at radius 3 is 2.44 bits per heavy atom. The molecule has 2 rings (SSSR count). The van der Waals surface area contributed by atoms with Crippen molar-refractivity contribution in [1.29, 1.82) is 0 Å². The van der Waals surface area contributed by atoms with Crippen LogP contribution in [0, 0.1) is 0 Å². The smallest absolute Gasteiger partial charge is 0.435 e. The molecule has 0 fully saturated rings. The highest BCUT2D eigenvalue weighted by Crippen LogP contribution is 2.43. The van der Waals surface area contributed by atoms with Crippen molar-refractivity contribution in [1.82, 2.24) is 15.1 Å². The predicted molar refractivity (Wildman–Crippen MR) is 110 cm³/mol. The van der Waals surface area contributed by atoms with E-state index in [-0.39, 0.29) is 12.5 Å². The standard InChI is InChI=1S/C19H34N4O3Si/c1-10-26-17(25)23-14-13(12-20-18(14,3)4)15(21-23)22(7)16(24)19(5,6)27(8,9)11-2/h20H,10-12H2,1-9H3. The minimum absolute atomic E-state index is 0.0435. The van der Waals surface area contributed by atoms with Crippen LogP contribution in [-0.4, -0.2) is 43.5 Å². The quantitative estimate of drug-likeness (QED) is 0.771. The molecule has 0 aliphatic carbocycles. The topological polar surface area (TPSA) is 76.5 Å². The number of ether oxygens (including phenoxy) is 1. The Balaban J connectivity index is 2.52. The van der Waals surface area contributed by atoms with E-state index in [9.17, 15) is 9.59 Å². The SMILES string of the molecule is CCOC(=O)n1nc(N(C)C(=O)C(C)(C)[Si](C)(C)CC)c2c1C(C)(C)NC2. The van der Waals surface area contributed by atoms with E-state index in [1.807, 2.05) is 27.7 Å². The maximum atomic E-state index is 13.4. The van der Waals surface area contributed by atoms with Crippen molar-refractivity contribution in [2.45, 2.75) is 77.8 Å². The Morgan fingerprint density at radius 1 is 1.33 bits per heavy atom. The number of amides is 1. The molecule has 2 heterocycles. The monoisotopic (exact) mass is 394 g/mol. The molecule has 1 aromatic rings. The van der Waals surface area contributed by atoms with Gasteiger partial charge < -0.3 is 10.1 Å². The van der Waals surface area contributed by atoms with Crippen LogP contribution in [-0.2, 0) is 21.6 Å². The lowest BCUT2D eigenvalue weighted by atomic mass is 10.0. The molecule has 1 N–H and O–H groups in total. The van der Waals surface area contributed by atoms with Crippen LogP contribution in [0.4, 0.5) is 10.6 Å². The van der Waals surface area contributed by atoms with Gasteiger partial charge in [0, 0.05) is 24.2 Å². The van der Waals surface area contributed by atoms with Crippen LogP contribution >= 0.6 is 0 Å². The van der Waals surface area contributed by atoms with Gasteiger partial charge in [-0.1, -0.05) is 39.9 Å². The second kappa shape index (κ2) is 7.05. The second-order valence-corrected chi connectivity index (χ2v) is 14.7. The lowest BCUT2D eigenvalue weighted by Crippen LogP contribution is -2.49. The third-order valence-electron chi connectivity index (χ3n) is 6.43. The second-order valence-electron chi connectivity index (χ2n) is 8.97. The fraction of sp³-hybridized carbons (Fsp3) is 0.737. The van der Waals surface area contributed by atoms with Crippen LogP contribution in [0.15, 0.2) is 0 Å². The van der Waals surface area contributed by atoms with Crippen LogP contribution in [0.3, 0.4) is 0 Å². The molecule has 1 amide bonds. The Labute approximate surface area is 163 Å². The molecule has 1 aliphatic rings. The van der Waals surface area contributed by atoms with Crippen molar-refractivity contribution >= 4 is 25.9 Å². The molecular formula is C19H34N4O3Si. The van der Waals surface area contributed by atoms with E-state index in [0.29, 0.717) is 12.4 Å². The van der Waals surface area contributed by atoms with Gasteiger partial charge in [0.1, 0.15) is 0 Å². The number of carbonyl (C=O) groups excluding carboxylic acids is 2. The fourth-order valence-electron chi connectivity index (χ4n) is 3.47. The number of carbonyl (C=O) groups is 2. The zero-order chi connectivity index (χ0) is 20.8. The Kier molecular flexibility index (Phi) is 5.65. The van der Waals surface area contributed by atoms with Crippen molar-refractivity contribution < 1.29 is 14.3 Å². The molecule has 0 atom stereocenters. The summed E-state index contributed by atoms with van der Waals surface area (Å²) >= 11 is 0. The minimum atomic E-state index is -1.78. The number of fused-ring (bicyclic) bond motifs is 1. The van der Waals surface area contributed by atoms with Crippen LogP contribution in [0.2, 0.25) is 24.2 Å². The minimum Gasteiger partial charge on any atom is -0.448 e. The number of hydrogen-bond acceptors (Lipinski definition) is 5. The summed E-state index contributed by atoms with van der Waals surface area (Å²) in [5, 5.41) is 7.46. The first kappa shape index (κ1) is 21.6. The highest BCUT2D eigenvalue weighted by Gasteiger charge is 2.47. The van der Waals surface area contributed by atoms with Gasteiger partial charge in [-0.3, -0.25) is 9.69 Å². The number of aromatic nitrogens is 2. The van der Waals surface area contributed by atoms with E-state index in [2.05, 4.69) is 30.4 Å². The van der Waals surface area contributed by atoms with Gasteiger partial charge in [-0.05, 0) is 20.8 Å². The van der Waals surface area contributed by atoms with Crippen LogP contribution in [0.1, 0.15) is 52.8 Å². The summed E-state index contributed by atoms with van der Waals surface area (Å²) in [6.07, 6.45) is -0.514. The van der Waals surface area contributed by atoms with E-state index in [4.69, 9.17) is 4.74 Å². The fourth-order valence-corrected chi connectivity index (χ4v) is 5.10. The van der Waals surface area contributed by atoms with Crippen molar-refractivity contribution in [3.05, 3.63) is 11.3 Å². The zero-order valence-corrected chi connectivity index (χ0v) is 19.2. The molecule has 0 saturated carbocycles. The number of rotatable bonds is 5. The largest absolute Gasteiger partial charge is 0.448 e. The molecule has 1 aliphatic heterocycles. The van der Waals surface area contributed by atoms with Crippen LogP contribution in [0.25, 0.3) is 0 Å². The maximum absolute atomic E-state index is 13.4. The van der Waals surface area contributed by atoms with Crippen LogP contribution in [0.5, 0.6) is 0 Å². The van der Waals surface area contributed by atoms with Gasteiger partial charge in [0.25, 0.3) is 0 Å². The van der Waals surface area contributed by atoms with Gasteiger partial charge in [0.15, 0.2) is 5.82 Å². The van der Waals surface area contributed by atoms with E-state index in [0.717, 1.165) is 17.3 Å². The molecule has 27 heavy (non-hydrogen) atoms. The average molecular weight is 395 g/mol. The summed E-state index contributed by atoms with van der Waals surface area (Å²) in [5.41, 5.74) is 1.22. The Hall–Kier alpha value is -1.67. The zero-order valence-electron chi connectivity index (χ0n) is 18.2. The molecule has 8 heteroatoms. The Morgan fingerprint density at radius 2 is 1.93 bits per heavy atom. The van der Waals surface area contributed by atoms with Crippen molar-refractivity contribution in [3.8, 4) is 0 Å². The third-order valence-corrected chi connectivity index (χ3v) is 11.8. The van der Waals surface area contributed by atoms with Gasteiger partial charge in [-0.25, -0.2) is 4.79 Å². The summed E-state index contributed by atoms with van der Waals surface area (Å²) in [6, 6.07) is 1.02. The lowest BCUT2D eigenvalue weighted by Gasteiger charge is -2.40. The molecule has 7 nitrogen and oxygen atoms in total. The summed E-state index contributed by atoms with van der Waals surface area (Å²) < 4.78 is 6.49. The summed E-state index contributed by atoms with van der Waals surface area (Å²) in [5.74, 6) is 0.581. The molecule has 1 aromatic heterocycles. The van der Waals surface area contributed by atoms with E-state index >= 15 is 0 Å². The predicted octanol–water partition coefficient (Wildman–Crippen LogP) is 3.70. The molecule has 0 spiro atoms. The van der Waals surface area contributed by atoms with Crippen LogP contribution < -0.4 is 10.2 Å². The third kappa shape index (κ3) is 3.45. The highest BCUT2D eigenvalue weighted by atomic mass is 28.3.